The molecule has 0 amide bonds. The molecule has 14 heavy (non-hydrogen) atoms. The normalized spacial score (nSPS) is 29.5. The van der Waals surface area contributed by atoms with Crippen LogP contribution in [0.5, 0.6) is 0 Å². The summed E-state index contributed by atoms with van der Waals surface area (Å²) in [4.78, 5) is 2.27. The molecule has 0 aromatic rings. The van der Waals surface area contributed by atoms with E-state index in [1.165, 1.54) is 0 Å². The molecule has 3 heteroatoms. The van der Waals surface area contributed by atoms with Crippen molar-refractivity contribution in [2.24, 2.45) is 11.1 Å². The molecule has 1 aliphatic rings. The molecule has 2 unspecified atom stereocenters. The van der Waals surface area contributed by atoms with E-state index in [2.05, 4.69) is 31.7 Å². The minimum Gasteiger partial charge on any atom is -0.327 e. The molecule has 1 rings (SSSR count). The predicted molar refractivity (Wildman–Crippen MR) is 57.6 cm³/mol. The number of hydrogen-bond donors (Lipinski definition) is 1. The van der Waals surface area contributed by atoms with Crippen LogP contribution >= 0.6 is 0 Å². The van der Waals surface area contributed by atoms with Gasteiger partial charge in [0.05, 0.1) is 12.1 Å². The maximum absolute atomic E-state index is 8.99. The molecule has 0 aromatic carbocycles. The van der Waals surface area contributed by atoms with Gasteiger partial charge in [-0.05, 0) is 18.3 Å². The van der Waals surface area contributed by atoms with Crippen molar-refractivity contribution in [3.63, 3.8) is 0 Å². The zero-order chi connectivity index (χ0) is 10.8. The molecule has 0 radical (unpaired) electrons. The van der Waals surface area contributed by atoms with Crippen LogP contribution in [0.25, 0.3) is 0 Å². The van der Waals surface area contributed by atoms with Gasteiger partial charge in [0.15, 0.2) is 0 Å². The molecule has 80 valence electrons. The van der Waals surface area contributed by atoms with Crippen LogP contribution in [0.4, 0.5) is 0 Å². The van der Waals surface area contributed by atoms with Crippen LogP contribution in [0.2, 0.25) is 0 Å². The molecule has 2 N–H and O–H groups in total. The highest BCUT2D eigenvalue weighted by Gasteiger charge is 2.35. The van der Waals surface area contributed by atoms with E-state index < -0.39 is 0 Å². The Hall–Kier alpha value is -0.590. The van der Waals surface area contributed by atoms with E-state index in [1.54, 1.807) is 0 Å². The van der Waals surface area contributed by atoms with Crippen molar-refractivity contribution in [3.8, 4) is 6.07 Å². The van der Waals surface area contributed by atoms with Crippen molar-refractivity contribution in [3.05, 3.63) is 0 Å². The zero-order valence-electron chi connectivity index (χ0n) is 9.45. The lowest BCUT2D eigenvalue weighted by Crippen LogP contribution is -2.54. The number of nitriles is 1. The first-order chi connectivity index (χ1) is 6.51. The van der Waals surface area contributed by atoms with Crippen molar-refractivity contribution in [1.29, 1.82) is 5.26 Å². The van der Waals surface area contributed by atoms with Gasteiger partial charge >= 0.3 is 0 Å². The van der Waals surface area contributed by atoms with Gasteiger partial charge in [0.2, 0.25) is 0 Å². The van der Waals surface area contributed by atoms with Gasteiger partial charge in [-0.25, -0.2) is 0 Å². The highest BCUT2D eigenvalue weighted by atomic mass is 15.2. The van der Waals surface area contributed by atoms with Crippen molar-refractivity contribution < 1.29 is 0 Å². The van der Waals surface area contributed by atoms with Crippen LogP contribution in [0.15, 0.2) is 0 Å². The SMILES string of the molecule is CCC(C#N)N1CCC(N)C(C)(C)C1. The number of hydrogen-bond acceptors (Lipinski definition) is 3. The minimum absolute atomic E-state index is 0.0711. The fourth-order valence-corrected chi connectivity index (χ4v) is 2.11. The second-order valence-corrected chi connectivity index (χ2v) is 4.91. The lowest BCUT2D eigenvalue weighted by Gasteiger charge is -2.44. The Kier molecular flexibility index (Phi) is 3.52. The van der Waals surface area contributed by atoms with E-state index in [1.807, 2.05) is 0 Å². The Bertz CT molecular complexity index is 229. The quantitative estimate of drug-likeness (QED) is 0.723. The van der Waals surface area contributed by atoms with Crippen LogP contribution < -0.4 is 5.73 Å². The molecule has 0 aromatic heterocycles. The maximum atomic E-state index is 8.99. The molecule has 1 aliphatic heterocycles. The van der Waals surface area contributed by atoms with Gasteiger partial charge in [-0.1, -0.05) is 20.8 Å². The molecule has 2 atom stereocenters. The van der Waals surface area contributed by atoms with Gasteiger partial charge in [0, 0.05) is 19.1 Å². The fourth-order valence-electron chi connectivity index (χ4n) is 2.11. The second kappa shape index (κ2) is 4.29. The number of rotatable bonds is 2. The zero-order valence-corrected chi connectivity index (χ0v) is 9.45. The summed E-state index contributed by atoms with van der Waals surface area (Å²) in [6.45, 7) is 8.36. The Balaban J connectivity index is 2.64. The van der Waals surface area contributed by atoms with Crippen molar-refractivity contribution >= 4 is 0 Å². The highest BCUT2D eigenvalue weighted by molar-refractivity contribution is 4.97. The summed E-state index contributed by atoms with van der Waals surface area (Å²) in [6.07, 6.45) is 1.91. The van der Waals surface area contributed by atoms with Crippen molar-refractivity contribution in [1.82, 2.24) is 4.90 Å². The lowest BCUT2D eigenvalue weighted by atomic mass is 9.79. The van der Waals surface area contributed by atoms with Crippen LogP contribution in [-0.4, -0.2) is 30.1 Å². The Morgan fingerprint density at radius 1 is 1.64 bits per heavy atom. The van der Waals surface area contributed by atoms with E-state index in [-0.39, 0.29) is 17.5 Å². The van der Waals surface area contributed by atoms with E-state index in [9.17, 15) is 0 Å². The van der Waals surface area contributed by atoms with Gasteiger partial charge in [-0.15, -0.1) is 0 Å². The summed E-state index contributed by atoms with van der Waals surface area (Å²) in [5.74, 6) is 0. The third-order valence-electron chi connectivity index (χ3n) is 3.32. The predicted octanol–water partition coefficient (Wildman–Crippen LogP) is 1.35. The van der Waals surface area contributed by atoms with Crippen LogP contribution in [0.3, 0.4) is 0 Å². The van der Waals surface area contributed by atoms with E-state index >= 15 is 0 Å². The Morgan fingerprint density at radius 2 is 2.29 bits per heavy atom. The first-order valence-electron chi connectivity index (χ1n) is 5.40. The summed E-state index contributed by atoms with van der Waals surface area (Å²) in [6, 6.07) is 2.70. The van der Waals surface area contributed by atoms with Crippen LogP contribution in [0, 0.1) is 16.7 Å². The lowest BCUT2D eigenvalue weighted by molar-refractivity contribution is 0.0764. The Labute approximate surface area is 86.9 Å². The van der Waals surface area contributed by atoms with E-state index in [0.29, 0.717) is 0 Å². The summed E-state index contributed by atoms with van der Waals surface area (Å²) in [5.41, 5.74) is 6.19. The van der Waals surface area contributed by atoms with Gasteiger partial charge < -0.3 is 5.73 Å². The molecule has 1 heterocycles. The molecule has 0 aliphatic carbocycles. The van der Waals surface area contributed by atoms with Crippen molar-refractivity contribution in [2.75, 3.05) is 13.1 Å². The average molecular weight is 195 g/mol. The molecule has 3 nitrogen and oxygen atoms in total. The maximum Gasteiger partial charge on any atom is 0.0975 e. The smallest absolute Gasteiger partial charge is 0.0975 e. The average Bonchev–Trinajstić information content (AvgIpc) is 2.13. The molecular formula is C11H21N3. The number of piperidine rings is 1. The number of nitrogens with zero attached hydrogens (tertiary/aromatic N) is 2. The highest BCUT2D eigenvalue weighted by Crippen LogP contribution is 2.29. The third-order valence-corrected chi connectivity index (χ3v) is 3.32. The second-order valence-electron chi connectivity index (χ2n) is 4.91. The van der Waals surface area contributed by atoms with E-state index in [4.69, 9.17) is 11.0 Å². The first-order valence-corrected chi connectivity index (χ1v) is 5.40. The monoisotopic (exact) mass is 195 g/mol. The first kappa shape index (κ1) is 11.5. The molecule has 1 saturated heterocycles. The summed E-state index contributed by atoms with van der Waals surface area (Å²) in [5, 5.41) is 8.99. The fraction of sp³-hybridized carbons (Fsp3) is 0.909. The number of likely N-dealkylation sites (tertiary alicyclic amines) is 1. The Morgan fingerprint density at radius 3 is 2.71 bits per heavy atom. The van der Waals surface area contributed by atoms with Gasteiger partial charge in [-0.3, -0.25) is 4.90 Å². The van der Waals surface area contributed by atoms with Crippen LogP contribution in [0.1, 0.15) is 33.6 Å². The van der Waals surface area contributed by atoms with Gasteiger partial charge in [0.25, 0.3) is 0 Å². The summed E-state index contributed by atoms with van der Waals surface area (Å²) in [7, 11) is 0. The largest absolute Gasteiger partial charge is 0.327 e. The molecule has 0 bridgehead atoms. The van der Waals surface area contributed by atoms with Gasteiger partial charge in [-0.2, -0.15) is 5.26 Å². The molecule has 0 saturated carbocycles. The third kappa shape index (κ3) is 2.26. The van der Waals surface area contributed by atoms with Crippen molar-refractivity contribution in [2.45, 2.75) is 45.7 Å². The topological polar surface area (TPSA) is 53.0 Å². The molecule has 1 fully saturated rings. The standard InChI is InChI=1S/C11H21N3/c1-4-9(7-12)14-6-5-10(13)11(2,3)8-14/h9-10H,4-6,8,13H2,1-3H3. The molecular weight excluding hydrogens is 174 g/mol. The van der Waals surface area contributed by atoms with Gasteiger partial charge in [0.1, 0.15) is 0 Å². The van der Waals surface area contributed by atoms with E-state index in [0.717, 1.165) is 25.9 Å². The molecule has 0 spiro atoms. The number of nitrogens with two attached hydrogens (primary N) is 1. The minimum atomic E-state index is 0.0711. The summed E-state index contributed by atoms with van der Waals surface area (Å²) < 4.78 is 0. The summed E-state index contributed by atoms with van der Waals surface area (Å²) >= 11 is 0. The van der Waals surface area contributed by atoms with Crippen LogP contribution in [-0.2, 0) is 0 Å².